The number of anilines is 3. The Morgan fingerprint density at radius 1 is 0.923 bits per heavy atom. The zero-order valence-electron chi connectivity index (χ0n) is 24.0. The Balaban J connectivity index is 1.40. The number of amides is 2. The molecule has 0 radical (unpaired) electrons. The smallest absolute Gasteiger partial charge is 0.412 e. The van der Waals surface area contributed by atoms with E-state index < -0.39 is 17.3 Å². The number of carbonyl (C=O) groups is 2. The SMILES string of the molecule is CC(C)(O)CN1CCC(N(CC2CC2)c2ccc(C(=O)Nc3ccccc3NC(=O)OC(C)(C)C)cc2)CC1. The van der Waals surface area contributed by atoms with Crippen LogP contribution >= 0.6 is 0 Å². The van der Waals surface area contributed by atoms with Gasteiger partial charge in [0.25, 0.3) is 5.91 Å². The lowest BCUT2D eigenvalue weighted by atomic mass is 9.99. The molecule has 1 saturated carbocycles. The van der Waals surface area contributed by atoms with E-state index in [0.29, 0.717) is 29.5 Å². The topological polar surface area (TPSA) is 94.1 Å². The van der Waals surface area contributed by atoms with Crippen LogP contribution in [0.3, 0.4) is 0 Å². The number of β-amino-alcohol motifs (C(OH)–C–C–N with tert-alkyl or cyclic N) is 1. The number of rotatable bonds is 9. The molecule has 1 saturated heterocycles. The summed E-state index contributed by atoms with van der Waals surface area (Å²) in [5, 5.41) is 15.8. The maximum atomic E-state index is 13.1. The number of ether oxygens (including phenoxy) is 1. The van der Waals surface area contributed by atoms with Gasteiger partial charge in [-0.25, -0.2) is 4.79 Å². The van der Waals surface area contributed by atoms with Gasteiger partial charge in [0.2, 0.25) is 0 Å². The van der Waals surface area contributed by atoms with Crippen LogP contribution in [0.4, 0.5) is 21.9 Å². The van der Waals surface area contributed by atoms with Crippen molar-refractivity contribution < 1.29 is 19.4 Å². The van der Waals surface area contributed by atoms with Gasteiger partial charge in [-0.2, -0.15) is 0 Å². The number of nitrogens with one attached hydrogen (secondary N) is 2. The first-order valence-corrected chi connectivity index (χ1v) is 14.1. The number of piperidine rings is 1. The van der Waals surface area contributed by atoms with Crippen molar-refractivity contribution in [3.63, 3.8) is 0 Å². The molecule has 8 nitrogen and oxygen atoms in total. The van der Waals surface area contributed by atoms with Crippen molar-refractivity contribution in [3.05, 3.63) is 54.1 Å². The van der Waals surface area contributed by atoms with Crippen LogP contribution in [-0.2, 0) is 4.74 Å². The molecule has 0 atom stereocenters. The molecule has 1 aliphatic heterocycles. The van der Waals surface area contributed by atoms with Gasteiger partial charge in [0.1, 0.15) is 5.60 Å². The molecule has 2 aromatic rings. The van der Waals surface area contributed by atoms with Crippen molar-refractivity contribution in [2.24, 2.45) is 5.92 Å². The van der Waals surface area contributed by atoms with Crippen molar-refractivity contribution in [1.29, 1.82) is 0 Å². The second kappa shape index (κ2) is 12.0. The quantitative estimate of drug-likeness (QED) is 0.379. The molecule has 39 heavy (non-hydrogen) atoms. The standard InChI is InChI=1S/C31H44N4O4/c1-30(2,3)39-29(37)33-27-9-7-6-8-26(27)32-28(36)23-12-14-24(15-13-23)35(20-22-10-11-22)25-16-18-34(19-17-25)21-31(4,5)38/h6-9,12-15,22,25,38H,10-11,16-21H2,1-5H3,(H,32,36)(H,33,37). The maximum absolute atomic E-state index is 13.1. The highest BCUT2D eigenvalue weighted by atomic mass is 16.6. The van der Waals surface area contributed by atoms with E-state index >= 15 is 0 Å². The lowest BCUT2D eigenvalue weighted by Gasteiger charge is -2.41. The Labute approximate surface area is 232 Å². The number of benzene rings is 2. The summed E-state index contributed by atoms with van der Waals surface area (Å²) < 4.78 is 5.35. The van der Waals surface area contributed by atoms with Crippen LogP contribution in [0.1, 0.15) is 70.7 Å². The van der Waals surface area contributed by atoms with Crippen molar-refractivity contribution in [2.75, 3.05) is 41.7 Å². The fourth-order valence-electron chi connectivity index (χ4n) is 5.09. The van der Waals surface area contributed by atoms with Crippen molar-refractivity contribution in [3.8, 4) is 0 Å². The highest BCUT2D eigenvalue weighted by molar-refractivity contribution is 6.07. The van der Waals surface area contributed by atoms with Gasteiger partial charge in [-0.05, 0) is 103 Å². The minimum atomic E-state index is -0.677. The number of hydrogen-bond acceptors (Lipinski definition) is 6. The Hall–Kier alpha value is -3.10. The molecule has 1 heterocycles. The van der Waals surface area contributed by atoms with Gasteiger partial charge < -0.3 is 25.0 Å². The molecule has 2 fully saturated rings. The van der Waals surface area contributed by atoms with Crippen molar-refractivity contribution in [1.82, 2.24) is 4.90 Å². The van der Waals surface area contributed by atoms with Crippen molar-refractivity contribution in [2.45, 2.75) is 77.5 Å². The van der Waals surface area contributed by atoms with E-state index in [2.05, 4.69) is 20.4 Å². The number of likely N-dealkylation sites (tertiary alicyclic amines) is 1. The molecule has 0 spiro atoms. The highest BCUT2D eigenvalue weighted by Gasteiger charge is 2.31. The predicted octanol–water partition coefficient (Wildman–Crippen LogP) is 5.74. The molecule has 1 aliphatic carbocycles. The maximum Gasteiger partial charge on any atom is 0.412 e. The van der Waals surface area contributed by atoms with E-state index in [0.717, 1.165) is 44.1 Å². The van der Waals surface area contributed by atoms with Crippen LogP contribution in [0, 0.1) is 5.92 Å². The average Bonchev–Trinajstić information content (AvgIpc) is 3.67. The number of hydrogen-bond donors (Lipinski definition) is 3. The molecular formula is C31H44N4O4. The third kappa shape index (κ3) is 8.97. The predicted molar refractivity (Wildman–Crippen MR) is 157 cm³/mol. The normalized spacial score (nSPS) is 17.0. The van der Waals surface area contributed by atoms with E-state index in [1.807, 2.05) is 44.2 Å². The van der Waals surface area contributed by atoms with Gasteiger partial charge in [-0.1, -0.05) is 12.1 Å². The first-order chi connectivity index (χ1) is 18.4. The van der Waals surface area contributed by atoms with E-state index in [9.17, 15) is 14.7 Å². The van der Waals surface area contributed by atoms with E-state index in [1.165, 1.54) is 12.8 Å². The molecule has 8 heteroatoms. The molecule has 4 rings (SSSR count). The van der Waals surface area contributed by atoms with Crippen LogP contribution in [-0.4, -0.2) is 65.4 Å². The van der Waals surface area contributed by atoms with Gasteiger partial charge in [0.05, 0.1) is 17.0 Å². The highest BCUT2D eigenvalue weighted by Crippen LogP contribution is 2.34. The lowest BCUT2D eigenvalue weighted by molar-refractivity contribution is 0.0280. The average molecular weight is 537 g/mol. The largest absolute Gasteiger partial charge is 0.444 e. The third-order valence-corrected chi connectivity index (χ3v) is 7.03. The molecule has 2 amide bonds. The lowest BCUT2D eigenvalue weighted by Crippen LogP contribution is -2.49. The molecule has 3 N–H and O–H groups in total. The van der Waals surface area contributed by atoms with Gasteiger partial charge in [-0.15, -0.1) is 0 Å². The van der Waals surface area contributed by atoms with E-state index in [-0.39, 0.29) is 5.91 Å². The summed E-state index contributed by atoms with van der Waals surface area (Å²) in [5.74, 6) is 0.505. The van der Waals surface area contributed by atoms with Crippen molar-refractivity contribution >= 4 is 29.1 Å². The van der Waals surface area contributed by atoms with E-state index in [4.69, 9.17) is 4.74 Å². The van der Waals surface area contributed by atoms with Gasteiger partial charge >= 0.3 is 6.09 Å². The second-order valence-electron chi connectivity index (χ2n) is 12.6. The summed E-state index contributed by atoms with van der Waals surface area (Å²) in [6.07, 6.45) is 4.12. The van der Waals surface area contributed by atoms with Gasteiger partial charge in [0, 0.05) is 43.5 Å². The Morgan fingerprint density at radius 3 is 2.05 bits per heavy atom. The van der Waals surface area contributed by atoms with Gasteiger partial charge in [-0.3, -0.25) is 10.1 Å². The molecule has 0 aromatic heterocycles. The Morgan fingerprint density at radius 2 is 1.51 bits per heavy atom. The Kier molecular flexibility index (Phi) is 8.86. The molecule has 212 valence electrons. The van der Waals surface area contributed by atoms with Crippen LogP contribution in [0.15, 0.2) is 48.5 Å². The number of carbonyl (C=O) groups excluding carboxylic acids is 2. The first-order valence-electron chi connectivity index (χ1n) is 14.1. The van der Waals surface area contributed by atoms with Gasteiger partial charge in [0.15, 0.2) is 0 Å². The summed E-state index contributed by atoms with van der Waals surface area (Å²) in [5.41, 5.74) is 1.38. The minimum absolute atomic E-state index is 0.242. The number of nitrogens with zero attached hydrogens (tertiary/aromatic N) is 2. The second-order valence-corrected chi connectivity index (χ2v) is 12.6. The summed E-state index contributed by atoms with van der Waals surface area (Å²) in [6.45, 7) is 12.8. The Bertz CT molecular complexity index is 1120. The van der Waals surface area contributed by atoms with Crippen LogP contribution < -0.4 is 15.5 Å². The summed E-state index contributed by atoms with van der Waals surface area (Å²) >= 11 is 0. The monoisotopic (exact) mass is 536 g/mol. The number of aliphatic hydroxyl groups is 1. The molecule has 0 bridgehead atoms. The molecular weight excluding hydrogens is 492 g/mol. The third-order valence-electron chi connectivity index (χ3n) is 7.03. The molecule has 2 aliphatic rings. The fraction of sp³-hybridized carbons (Fsp3) is 0.548. The number of para-hydroxylation sites is 2. The zero-order chi connectivity index (χ0) is 28.2. The summed E-state index contributed by atoms with van der Waals surface area (Å²) in [6, 6.07) is 15.4. The van der Waals surface area contributed by atoms with Crippen LogP contribution in [0.5, 0.6) is 0 Å². The first kappa shape index (κ1) is 28.9. The molecule has 2 aromatic carbocycles. The zero-order valence-corrected chi connectivity index (χ0v) is 24.0. The summed E-state index contributed by atoms with van der Waals surface area (Å²) in [4.78, 5) is 30.3. The van der Waals surface area contributed by atoms with Crippen LogP contribution in [0.2, 0.25) is 0 Å². The van der Waals surface area contributed by atoms with Crippen LogP contribution in [0.25, 0.3) is 0 Å². The fourth-order valence-corrected chi connectivity index (χ4v) is 5.09. The summed E-state index contributed by atoms with van der Waals surface area (Å²) in [7, 11) is 0. The van der Waals surface area contributed by atoms with E-state index in [1.54, 1.807) is 39.0 Å². The minimum Gasteiger partial charge on any atom is -0.444 e. The molecule has 0 unspecified atom stereocenters.